The number of ether oxygens (including phenoxy) is 1. The molecule has 1 aliphatic rings. The molecule has 1 aromatic carbocycles. The van der Waals surface area contributed by atoms with Gasteiger partial charge in [0.2, 0.25) is 0 Å². The number of hydrogen-bond donors (Lipinski definition) is 0. The van der Waals surface area contributed by atoms with Crippen LogP contribution < -0.4 is 4.74 Å². The van der Waals surface area contributed by atoms with Crippen LogP contribution in [0.1, 0.15) is 30.4 Å². The highest BCUT2D eigenvalue weighted by Gasteiger charge is 2.26. The minimum atomic E-state index is -0.631. The second-order valence-electron chi connectivity index (χ2n) is 6.04. The van der Waals surface area contributed by atoms with E-state index in [2.05, 4.69) is 43.3 Å². The van der Waals surface area contributed by atoms with E-state index in [9.17, 15) is 0 Å². The Labute approximate surface area is 119 Å². The Balaban J connectivity index is 2.14. The average molecular weight is 277 g/mol. The predicted molar refractivity (Wildman–Crippen MR) is 84.9 cm³/mol. The quantitative estimate of drug-likeness (QED) is 0.766. The summed E-state index contributed by atoms with van der Waals surface area (Å²) < 4.78 is 5.28. The van der Waals surface area contributed by atoms with Gasteiger partial charge in [0.1, 0.15) is 5.75 Å². The molecule has 1 aliphatic heterocycles. The van der Waals surface area contributed by atoms with Crippen molar-refractivity contribution in [3.63, 3.8) is 0 Å². The third-order valence-electron chi connectivity index (χ3n) is 4.32. The fourth-order valence-corrected chi connectivity index (χ4v) is 7.51. The lowest BCUT2D eigenvalue weighted by atomic mass is 10.1. The summed E-state index contributed by atoms with van der Waals surface area (Å²) in [4.78, 5) is 2.36. The van der Waals surface area contributed by atoms with Gasteiger partial charge >= 0.3 is 0 Å². The largest absolute Gasteiger partial charge is 0.497 e. The van der Waals surface area contributed by atoms with Gasteiger partial charge in [-0.05, 0) is 37.3 Å². The summed E-state index contributed by atoms with van der Waals surface area (Å²) in [5.74, 6) is 0.970. The smallest absolute Gasteiger partial charge is 0.118 e. The number of likely N-dealkylation sites (N-methyl/N-ethyl adjacent to an activating group) is 1. The van der Waals surface area contributed by atoms with Crippen LogP contribution in [-0.4, -0.2) is 41.4 Å². The zero-order valence-corrected chi connectivity index (χ0v) is 13.7. The van der Waals surface area contributed by atoms with Crippen LogP contribution in [0.2, 0.25) is 12.1 Å². The highest BCUT2D eigenvalue weighted by Crippen LogP contribution is 2.31. The summed E-state index contributed by atoms with van der Waals surface area (Å²) in [5, 5.41) is 0. The minimum Gasteiger partial charge on any atom is -0.497 e. The monoisotopic (exact) mass is 277 g/mol. The molecular formula is C16H27NOSi. The SMILES string of the molecule is COc1ccc(C(CN(C)C)[SiH]2CCCCC2)cc1. The highest BCUT2D eigenvalue weighted by molar-refractivity contribution is 6.60. The van der Waals surface area contributed by atoms with Gasteiger partial charge in [-0.15, -0.1) is 0 Å². The molecule has 19 heavy (non-hydrogen) atoms. The zero-order valence-electron chi connectivity index (χ0n) is 12.6. The van der Waals surface area contributed by atoms with E-state index in [0.717, 1.165) is 11.3 Å². The Morgan fingerprint density at radius 1 is 1.11 bits per heavy atom. The lowest BCUT2D eigenvalue weighted by Crippen LogP contribution is -2.33. The number of benzene rings is 1. The van der Waals surface area contributed by atoms with E-state index in [1.165, 1.54) is 43.5 Å². The maximum absolute atomic E-state index is 5.28. The summed E-state index contributed by atoms with van der Waals surface area (Å²) in [6, 6.07) is 11.9. The van der Waals surface area contributed by atoms with Crippen molar-refractivity contribution >= 4 is 8.80 Å². The normalized spacial score (nSPS) is 18.5. The summed E-state index contributed by atoms with van der Waals surface area (Å²) in [6.07, 6.45) is 4.40. The molecule has 0 aliphatic carbocycles. The molecule has 106 valence electrons. The van der Waals surface area contributed by atoms with Crippen LogP contribution in [0, 0.1) is 0 Å². The minimum absolute atomic E-state index is 0.631. The van der Waals surface area contributed by atoms with Crippen LogP contribution in [0.4, 0.5) is 0 Å². The molecule has 0 saturated carbocycles. The summed E-state index contributed by atoms with van der Waals surface area (Å²) in [5.41, 5.74) is 2.34. The topological polar surface area (TPSA) is 12.5 Å². The standard InChI is InChI=1S/C16H27NOSi/c1-17(2)13-16(19-11-5-4-6-12-19)14-7-9-15(18-3)10-8-14/h7-10,16,19H,4-6,11-13H2,1-3H3. The molecule has 0 aromatic heterocycles. The van der Waals surface area contributed by atoms with Crippen LogP contribution in [0.15, 0.2) is 24.3 Å². The van der Waals surface area contributed by atoms with Crippen molar-refractivity contribution in [1.29, 1.82) is 0 Å². The molecule has 1 heterocycles. The molecule has 1 unspecified atom stereocenters. The molecule has 0 bridgehead atoms. The third kappa shape index (κ3) is 4.08. The molecule has 1 aromatic rings. The molecule has 0 amide bonds. The first-order valence-electron chi connectivity index (χ1n) is 7.49. The van der Waals surface area contributed by atoms with E-state index in [-0.39, 0.29) is 0 Å². The van der Waals surface area contributed by atoms with E-state index < -0.39 is 8.80 Å². The fraction of sp³-hybridized carbons (Fsp3) is 0.625. The first-order valence-corrected chi connectivity index (χ1v) is 9.79. The van der Waals surface area contributed by atoms with Crippen molar-refractivity contribution in [3.05, 3.63) is 29.8 Å². The van der Waals surface area contributed by atoms with Crippen LogP contribution in [0.25, 0.3) is 0 Å². The molecule has 0 spiro atoms. The van der Waals surface area contributed by atoms with E-state index in [4.69, 9.17) is 4.74 Å². The Bertz CT molecular complexity index is 371. The molecule has 1 atom stereocenters. The van der Waals surface area contributed by atoms with Crippen molar-refractivity contribution < 1.29 is 4.74 Å². The number of nitrogens with zero attached hydrogens (tertiary/aromatic N) is 1. The summed E-state index contributed by atoms with van der Waals surface area (Å²) in [6.45, 7) is 1.21. The first-order chi connectivity index (χ1) is 9.20. The number of methoxy groups -OCH3 is 1. The molecule has 3 heteroatoms. The Kier molecular flexibility index (Phi) is 5.46. The number of rotatable bonds is 5. The highest BCUT2D eigenvalue weighted by atomic mass is 28.3. The van der Waals surface area contributed by atoms with Gasteiger partial charge in [-0.3, -0.25) is 0 Å². The number of hydrogen-bond acceptors (Lipinski definition) is 2. The molecule has 2 rings (SSSR count). The lowest BCUT2D eigenvalue weighted by molar-refractivity contribution is 0.401. The average Bonchev–Trinajstić information content (AvgIpc) is 2.46. The van der Waals surface area contributed by atoms with Gasteiger partial charge in [0, 0.05) is 15.3 Å². The van der Waals surface area contributed by atoms with Crippen molar-refractivity contribution in [1.82, 2.24) is 4.90 Å². The molecule has 2 nitrogen and oxygen atoms in total. The molecule has 1 fully saturated rings. The van der Waals surface area contributed by atoms with E-state index >= 15 is 0 Å². The van der Waals surface area contributed by atoms with Crippen molar-refractivity contribution in [3.8, 4) is 5.75 Å². The second kappa shape index (κ2) is 7.11. The summed E-state index contributed by atoms with van der Waals surface area (Å²) in [7, 11) is 5.51. The predicted octanol–water partition coefficient (Wildman–Crippen LogP) is 3.29. The van der Waals surface area contributed by atoms with Crippen LogP contribution in [0.3, 0.4) is 0 Å². The maximum Gasteiger partial charge on any atom is 0.118 e. The van der Waals surface area contributed by atoms with Gasteiger partial charge in [-0.25, -0.2) is 0 Å². The van der Waals surface area contributed by atoms with E-state index in [0.29, 0.717) is 0 Å². The molecule has 1 saturated heterocycles. The van der Waals surface area contributed by atoms with E-state index in [1.54, 1.807) is 7.11 Å². The first kappa shape index (κ1) is 14.6. The molecular weight excluding hydrogens is 250 g/mol. The summed E-state index contributed by atoms with van der Waals surface area (Å²) >= 11 is 0. The zero-order chi connectivity index (χ0) is 13.7. The second-order valence-corrected chi connectivity index (χ2v) is 9.52. The van der Waals surface area contributed by atoms with Gasteiger partial charge in [-0.2, -0.15) is 0 Å². The van der Waals surface area contributed by atoms with Gasteiger partial charge in [0.25, 0.3) is 0 Å². The van der Waals surface area contributed by atoms with Gasteiger partial charge in [0.15, 0.2) is 0 Å². The van der Waals surface area contributed by atoms with Crippen LogP contribution >= 0.6 is 0 Å². The van der Waals surface area contributed by atoms with Crippen molar-refractivity contribution in [2.45, 2.75) is 36.9 Å². The van der Waals surface area contributed by atoms with Gasteiger partial charge in [0.05, 0.1) is 7.11 Å². The maximum atomic E-state index is 5.28. The Morgan fingerprint density at radius 3 is 2.26 bits per heavy atom. The van der Waals surface area contributed by atoms with Crippen LogP contribution in [0.5, 0.6) is 5.75 Å². The Morgan fingerprint density at radius 2 is 1.74 bits per heavy atom. The molecule has 0 N–H and O–H groups in total. The fourth-order valence-electron chi connectivity index (χ4n) is 3.31. The van der Waals surface area contributed by atoms with Gasteiger partial charge in [-0.1, -0.05) is 43.5 Å². The third-order valence-corrected chi connectivity index (χ3v) is 8.36. The van der Waals surface area contributed by atoms with Crippen molar-refractivity contribution in [2.75, 3.05) is 27.7 Å². The van der Waals surface area contributed by atoms with Crippen LogP contribution in [-0.2, 0) is 0 Å². The van der Waals surface area contributed by atoms with E-state index in [1.807, 2.05) is 0 Å². The van der Waals surface area contributed by atoms with Crippen molar-refractivity contribution in [2.24, 2.45) is 0 Å². The molecule has 0 radical (unpaired) electrons. The Hall–Kier alpha value is -0.803. The lowest BCUT2D eigenvalue weighted by Gasteiger charge is -2.31. The van der Waals surface area contributed by atoms with Gasteiger partial charge < -0.3 is 9.64 Å².